The molecular weight excluding hydrogens is 229 g/mol. The van der Waals surface area contributed by atoms with Crippen molar-refractivity contribution in [3.8, 4) is 0 Å². The Balaban J connectivity index is 1.96. The molecule has 4 heteroatoms. The quantitative estimate of drug-likeness (QED) is 0.880. The van der Waals surface area contributed by atoms with Gasteiger partial charge in [0.05, 0.1) is 5.69 Å². The van der Waals surface area contributed by atoms with Gasteiger partial charge in [-0.05, 0) is 37.6 Å². The molecule has 0 amide bonds. The molecule has 0 spiro atoms. The van der Waals surface area contributed by atoms with Crippen molar-refractivity contribution in [1.82, 2.24) is 15.1 Å². The van der Waals surface area contributed by atoms with Crippen LogP contribution in [-0.4, -0.2) is 9.78 Å². The van der Waals surface area contributed by atoms with Crippen molar-refractivity contribution in [3.05, 3.63) is 53.6 Å². The van der Waals surface area contributed by atoms with Gasteiger partial charge < -0.3 is 5.32 Å². The van der Waals surface area contributed by atoms with Gasteiger partial charge in [0.1, 0.15) is 5.82 Å². The van der Waals surface area contributed by atoms with Gasteiger partial charge in [0.15, 0.2) is 0 Å². The number of halogens is 1. The highest BCUT2D eigenvalue weighted by molar-refractivity contribution is 5.19. The van der Waals surface area contributed by atoms with Crippen LogP contribution >= 0.6 is 0 Å². The Morgan fingerprint density at radius 2 is 2.00 bits per heavy atom. The molecule has 1 aromatic heterocycles. The number of nitrogens with one attached hydrogen (secondary N) is 1. The first-order chi connectivity index (χ1) is 8.70. The highest BCUT2D eigenvalue weighted by Crippen LogP contribution is 2.13. The zero-order valence-electron chi connectivity index (χ0n) is 10.7. The highest BCUT2D eigenvalue weighted by atomic mass is 19.1. The topological polar surface area (TPSA) is 29.9 Å². The summed E-state index contributed by atoms with van der Waals surface area (Å²) in [6.45, 7) is 5.76. The second-order valence-electron chi connectivity index (χ2n) is 4.29. The lowest BCUT2D eigenvalue weighted by Crippen LogP contribution is -2.20. The average molecular weight is 247 g/mol. The summed E-state index contributed by atoms with van der Waals surface area (Å²) >= 11 is 0. The zero-order chi connectivity index (χ0) is 13.0. The van der Waals surface area contributed by atoms with E-state index in [0.29, 0.717) is 0 Å². The number of hydrogen-bond donors (Lipinski definition) is 1. The number of aryl methyl sites for hydroxylation is 1. The normalized spacial score (nSPS) is 12.6. The third kappa shape index (κ3) is 2.96. The summed E-state index contributed by atoms with van der Waals surface area (Å²) in [6.07, 6.45) is 1.81. The van der Waals surface area contributed by atoms with Crippen molar-refractivity contribution >= 4 is 0 Å². The maximum Gasteiger partial charge on any atom is 0.123 e. The summed E-state index contributed by atoms with van der Waals surface area (Å²) in [7, 11) is 0. The molecule has 1 aromatic carbocycles. The average Bonchev–Trinajstić information content (AvgIpc) is 2.84. The van der Waals surface area contributed by atoms with E-state index in [4.69, 9.17) is 0 Å². The monoisotopic (exact) mass is 247 g/mol. The predicted molar refractivity (Wildman–Crippen MR) is 69.6 cm³/mol. The number of rotatable bonds is 5. The van der Waals surface area contributed by atoms with E-state index in [9.17, 15) is 4.39 Å². The maximum absolute atomic E-state index is 12.8. The molecule has 0 saturated heterocycles. The van der Waals surface area contributed by atoms with Crippen LogP contribution in [0.5, 0.6) is 0 Å². The van der Waals surface area contributed by atoms with Crippen molar-refractivity contribution in [2.75, 3.05) is 0 Å². The van der Waals surface area contributed by atoms with Crippen LogP contribution in [0.4, 0.5) is 4.39 Å². The first kappa shape index (κ1) is 12.8. The smallest absolute Gasteiger partial charge is 0.123 e. The SMILES string of the molecule is CCn1nccc1CN[C@@H](C)c1ccc(F)cc1. The largest absolute Gasteiger partial charge is 0.305 e. The van der Waals surface area contributed by atoms with E-state index in [1.807, 2.05) is 29.1 Å². The molecule has 2 rings (SSSR count). The Bertz CT molecular complexity index is 490. The van der Waals surface area contributed by atoms with E-state index in [0.717, 1.165) is 24.3 Å². The number of nitrogens with zero attached hydrogens (tertiary/aromatic N) is 2. The van der Waals surface area contributed by atoms with E-state index in [2.05, 4.69) is 24.3 Å². The van der Waals surface area contributed by atoms with E-state index >= 15 is 0 Å². The lowest BCUT2D eigenvalue weighted by Gasteiger charge is -2.14. The van der Waals surface area contributed by atoms with Crippen molar-refractivity contribution in [3.63, 3.8) is 0 Å². The highest BCUT2D eigenvalue weighted by Gasteiger charge is 2.06. The summed E-state index contributed by atoms with van der Waals surface area (Å²) in [5, 5.41) is 7.64. The summed E-state index contributed by atoms with van der Waals surface area (Å²) in [4.78, 5) is 0. The van der Waals surface area contributed by atoms with Crippen LogP contribution < -0.4 is 5.32 Å². The van der Waals surface area contributed by atoms with Gasteiger partial charge in [0, 0.05) is 25.3 Å². The van der Waals surface area contributed by atoms with Crippen LogP contribution in [0, 0.1) is 5.82 Å². The molecule has 1 heterocycles. The number of benzene rings is 1. The van der Waals surface area contributed by atoms with E-state index < -0.39 is 0 Å². The molecule has 0 aliphatic rings. The summed E-state index contributed by atoms with van der Waals surface area (Å²) in [5.41, 5.74) is 2.24. The van der Waals surface area contributed by atoms with Gasteiger partial charge in [0.25, 0.3) is 0 Å². The Morgan fingerprint density at radius 1 is 1.28 bits per heavy atom. The predicted octanol–water partition coefficient (Wildman–Crippen LogP) is 2.89. The first-order valence-electron chi connectivity index (χ1n) is 6.20. The van der Waals surface area contributed by atoms with Crippen LogP contribution in [0.15, 0.2) is 36.5 Å². The fourth-order valence-electron chi connectivity index (χ4n) is 1.92. The van der Waals surface area contributed by atoms with E-state index in [1.165, 1.54) is 12.1 Å². The van der Waals surface area contributed by atoms with Crippen molar-refractivity contribution in [1.29, 1.82) is 0 Å². The lowest BCUT2D eigenvalue weighted by molar-refractivity contribution is 0.530. The molecule has 96 valence electrons. The molecule has 3 nitrogen and oxygen atoms in total. The van der Waals surface area contributed by atoms with Gasteiger partial charge in [-0.15, -0.1) is 0 Å². The second-order valence-corrected chi connectivity index (χ2v) is 4.29. The minimum atomic E-state index is -0.199. The Labute approximate surface area is 107 Å². The van der Waals surface area contributed by atoms with Gasteiger partial charge >= 0.3 is 0 Å². The molecule has 0 unspecified atom stereocenters. The van der Waals surface area contributed by atoms with E-state index in [-0.39, 0.29) is 11.9 Å². The minimum absolute atomic E-state index is 0.186. The van der Waals surface area contributed by atoms with E-state index in [1.54, 1.807) is 0 Å². The zero-order valence-corrected chi connectivity index (χ0v) is 10.7. The molecule has 0 radical (unpaired) electrons. The second kappa shape index (κ2) is 5.78. The fourth-order valence-corrected chi connectivity index (χ4v) is 1.92. The fraction of sp³-hybridized carbons (Fsp3) is 0.357. The molecule has 18 heavy (non-hydrogen) atoms. The molecule has 1 N–H and O–H groups in total. The molecule has 0 fully saturated rings. The maximum atomic E-state index is 12.8. The first-order valence-corrected chi connectivity index (χ1v) is 6.20. The number of hydrogen-bond acceptors (Lipinski definition) is 2. The standard InChI is InChI=1S/C14H18FN3/c1-3-18-14(8-9-17-18)10-16-11(2)12-4-6-13(15)7-5-12/h4-9,11,16H,3,10H2,1-2H3/t11-/m0/s1. The number of aromatic nitrogens is 2. The van der Waals surface area contributed by atoms with Crippen LogP contribution in [0.1, 0.15) is 31.1 Å². The third-order valence-corrected chi connectivity index (χ3v) is 3.06. The van der Waals surface area contributed by atoms with Crippen molar-refractivity contribution in [2.45, 2.75) is 33.0 Å². The van der Waals surface area contributed by atoms with Gasteiger partial charge in [-0.3, -0.25) is 4.68 Å². The molecular formula is C14H18FN3. The Kier molecular flexibility index (Phi) is 4.10. The molecule has 0 aliphatic heterocycles. The van der Waals surface area contributed by atoms with Gasteiger partial charge in [-0.1, -0.05) is 12.1 Å². The summed E-state index contributed by atoms with van der Waals surface area (Å²) in [5.74, 6) is -0.199. The molecule has 2 aromatic rings. The molecule has 0 bridgehead atoms. The van der Waals surface area contributed by atoms with Crippen LogP contribution in [0.2, 0.25) is 0 Å². The molecule has 0 saturated carbocycles. The molecule has 0 aliphatic carbocycles. The van der Waals surface area contributed by atoms with Crippen LogP contribution in [-0.2, 0) is 13.1 Å². The third-order valence-electron chi connectivity index (χ3n) is 3.06. The van der Waals surface area contributed by atoms with Gasteiger partial charge in [-0.25, -0.2) is 4.39 Å². The summed E-state index contributed by atoms with van der Waals surface area (Å²) < 4.78 is 14.8. The molecule has 1 atom stereocenters. The van der Waals surface area contributed by atoms with Crippen LogP contribution in [0.3, 0.4) is 0 Å². The Hall–Kier alpha value is -1.68. The van der Waals surface area contributed by atoms with Gasteiger partial charge in [-0.2, -0.15) is 5.10 Å². The van der Waals surface area contributed by atoms with Crippen molar-refractivity contribution in [2.24, 2.45) is 0 Å². The summed E-state index contributed by atoms with van der Waals surface area (Å²) in [6, 6.07) is 8.79. The van der Waals surface area contributed by atoms with Crippen molar-refractivity contribution < 1.29 is 4.39 Å². The van der Waals surface area contributed by atoms with Crippen LogP contribution in [0.25, 0.3) is 0 Å². The van der Waals surface area contributed by atoms with Gasteiger partial charge in [0.2, 0.25) is 0 Å². The minimum Gasteiger partial charge on any atom is -0.305 e. The Morgan fingerprint density at radius 3 is 2.67 bits per heavy atom. The lowest BCUT2D eigenvalue weighted by atomic mass is 10.1.